The lowest BCUT2D eigenvalue weighted by atomic mass is 10.1. The zero-order chi connectivity index (χ0) is 19.6. The van der Waals surface area contributed by atoms with Crippen molar-refractivity contribution in [2.45, 2.75) is 57.8 Å². The molecule has 1 atom stereocenters. The lowest BCUT2D eigenvalue weighted by Gasteiger charge is -2.35. The molecule has 2 aliphatic rings. The molecule has 6 heteroatoms. The van der Waals surface area contributed by atoms with E-state index in [1.165, 1.54) is 12.8 Å². The highest BCUT2D eigenvalue weighted by Crippen LogP contribution is 2.18. The van der Waals surface area contributed by atoms with Crippen molar-refractivity contribution in [1.82, 2.24) is 10.2 Å². The minimum absolute atomic E-state index is 0.300. The van der Waals surface area contributed by atoms with Crippen LogP contribution >= 0.6 is 0 Å². The fourth-order valence-electron chi connectivity index (χ4n) is 3.78. The maximum Gasteiger partial charge on any atom is 0.194 e. The standard InChI is InChI=1S/C22H35N3O3/c1-3-23-22(24-16-18-7-6-9-20(15-18)26-2)25-12-10-19(11-13-25)28-17-21-8-4-5-14-27-21/h6-7,9,15,19,21H,3-5,8,10-14,16-17H2,1-2H3,(H,23,24). The van der Waals surface area contributed by atoms with Crippen molar-refractivity contribution in [3.05, 3.63) is 29.8 Å². The number of hydrogen-bond donors (Lipinski definition) is 1. The Balaban J connectivity index is 1.47. The van der Waals surface area contributed by atoms with Gasteiger partial charge in [0.25, 0.3) is 0 Å². The molecule has 156 valence electrons. The van der Waals surface area contributed by atoms with E-state index in [9.17, 15) is 0 Å². The van der Waals surface area contributed by atoms with E-state index < -0.39 is 0 Å². The van der Waals surface area contributed by atoms with Crippen molar-refractivity contribution >= 4 is 5.96 Å². The normalized spacial score (nSPS) is 21.6. The maximum atomic E-state index is 6.14. The number of rotatable bonds is 7. The number of ether oxygens (including phenoxy) is 3. The van der Waals surface area contributed by atoms with E-state index in [0.29, 0.717) is 18.8 Å². The summed E-state index contributed by atoms with van der Waals surface area (Å²) in [6.07, 6.45) is 6.31. The van der Waals surface area contributed by atoms with Crippen LogP contribution in [0.4, 0.5) is 0 Å². The number of benzene rings is 1. The second-order valence-corrected chi connectivity index (χ2v) is 7.53. The van der Waals surface area contributed by atoms with Gasteiger partial charge in [-0.1, -0.05) is 12.1 Å². The molecular formula is C22H35N3O3. The first kappa shape index (κ1) is 20.9. The number of piperidine rings is 1. The number of hydrogen-bond acceptors (Lipinski definition) is 4. The van der Waals surface area contributed by atoms with Gasteiger partial charge in [0.15, 0.2) is 5.96 Å². The Labute approximate surface area is 169 Å². The molecule has 3 rings (SSSR count). The Morgan fingerprint density at radius 3 is 2.82 bits per heavy atom. The fraction of sp³-hybridized carbons (Fsp3) is 0.682. The van der Waals surface area contributed by atoms with Crippen LogP contribution in [-0.2, 0) is 16.0 Å². The second-order valence-electron chi connectivity index (χ2n) is 7.53. The molecule has 0 aliphatic carbocycles. The van der Waals surface area contributed by atoms with Gasteiger partial charge in [-0.25, -0.2) is 4.99 Å². The van der Waals surface area contributed by atoms with E-state index in [1.807, 2.05) is 18.2 Å². The Bertz CT molecular complexity index is 609. The first-order valence-corrected chi connectivity index (χ1v) is 10.7. The fourth-order valence-corrected chi connectivity index (χ4v) is 3.78. The van der Waals surface area contributed by atoms with Gasteiger partial charge in [-0.05, 0) is 56.7 Å². The van der Waals surface area contributed by atoms with Gasteiger partial charge in [-0.2, -0.15) is 0 Å². The highest BCUT2D eigenvalue weighted by atomic mass is 16.5. The Morgan fingerprint density at radius 2 is 2.11 bits per heavy atom. The number of methoxy groups -OCH3 is 1. The van der Waals surface area contributed by atoms with Gasteiger partial charge in [0, 0.05) is 26.2 Å². The quantitative estimate of drug-likeness (QED) is 0.573. The average molecular weight is 390 g/mol. The molecule has 0 aromatic heterocycles. The van der Waals surface area contributed by atoms with Gasteiger partial charge in [-0.3, -0.25) is 0 Å². The Hall–Kier alpha value is -1.79. The number of nitrogens with one attached hydrogen (secondary N) is 1. The molecule has 6 nitrogen and oxygen atoms in total. The summed E-state index contributed by atoms with van der Waals surface area (Å²) in [6, 6.07) is 8.10. The number of guanidine groups is 1. The number of nitrogens with zero attached hydrogens (tertiary/aromatic N) is 2. The minimum Gasteiger partial charge on any atom is -0.497 e. The first-order valence-electron chi connectivity index (χ1n) is 10.7. The van der Waals surface area contributed by atoms with Crippen LogP contribution in [0.15, 0.2) is 29.3 Å². The average Bonchev–Trinajstić information content (AvgIpc) is 2.76. The smallest absolute Gasteiger partial charge is 0.194 e. The van der Waals surface area contributed by atoms with Crippen LogP contribution in [0.5, 0.6) is 5.75 Å². The SMILES string of the molecule is CCNC(=NCc1cccc(OC)c1)N1CCC(OCC2CCCCO2)CC1. The predicted molar refractivity (Wildman–Crippen MR) is 112 cm³/mol. The number of aliphatic imine (C=N–C) groups is 1. The monoisotopic (exact) mass is 389 g/mol. The molecule has 1 N–H and O–H groups in total. The summed E-state index contributed by atoms with van der Waals surface area (Å²) in [7, 11) is 1.69. The molecule has 0 radical (unpaired) electrons. The molecule has 1 aromatic carbocycles. The summed E-state index contributed by atoms with van der Waals surface area (Å²) in [6.45, 7) is 7.21. The van der Waals surface area contributed by atoms with Gasteiger partial charge in [-0.15, -0.1) is 0 Å². The van der Waals surface area contributed by atoms with Crippen molar-refractivity contribution in [3.8, 4) is 5.75 Å². The molecule has 2 aliphatic heterocycles. The summed E-state index contributed by atoms with van der Waals surface area (Å²) in [5.41, 5.74) is 1.15. The Morgan fingerprint density at radius 1 is 1.25 bits per heavy atom. The molecule has 2 heterocycles. The largest absolute Gasteiger partial charge is 0.497 e. The molecule has 2 saturated heterocycles. The molecule has 1 aromatic rings. The van der Waals surface area contributed by atoms with Crippen LogP contribution in [0.25, 0.3) is 0 Å². The third-order valence-electron chi connectivity index (χ3n) is 5.41. The van der Waals surface area contributed by atoms with E-state index in [1.54, 1.807) is 7.11 Å². The highest BCUT2D eigenvalue weighted by molar-refractivity contribution is 5.80. The van der Waals surface area contributed by atoms with Gasteiger partial charge >= 0.3 is 0 Å². The van der Waals surface area contributed by atoms with Crippen molar-refractivity contribution < 1.29 is 14.2 Å². The third-order valence-corrected chi connectivity index (χ3v) is 5.41. The lowest BCUT2D eigenvalue weighted by molar-refractivity contribution is -0.0721. The zero-order valence-corrected chi connectivity index (χ0v) is 17.4. The second kappa shape index (κ2) is 11.3. The molecule has 28 heavy (non-hydrogen) atoms. The van der Waals surface area contributed by atoms with Gasteiger partial charge in [0.1, 0.15) is 5.75 Å². The maximum absolute atomic E-state index is 6.14. The van der Waals surface area contributed by atoms with Crippen LogP contribution in [0.3, 0.4) is 0 Å². The van der Waals surface area contributed by atoms with Crippen LogP contribution in [0.2, 0.25) is 0 Å². The molecule has 0 saturated carbocycles. The van der Waals surface area contributed by atoms with E-state index in [-0.39, 0.29) is 0 Å². The molecule has 0 amide bonds. The predicted octanol–water partition coefficient (Wildman–Crippen LogP) is 3.21. The summed E-state index contributed by atoms with van der Waals surface area (Å²) < 4.78 is 17.2. The van der Waals surface area contributed by atoms with Crippen molar-refractivity contribution in [1.29, 1.82) is 0 Å². The van der Waals surface area contributed by atoms with Crippen LogP contribution in [0.1, 0.15) is 44.6 Å². The van der Waals surface area contributed by atoms with E-state index in [2.05, 4.69) is 23.2 Å². The van der Waals surface area contributed by atoms with Crippen molar-refractivity contribution in [2.24, 2.45) is 4.99 Å². The summed E-state index contributed by atoms with van der Waals surface area (Å²) in [5, 5.41) is 3.43. The lowest BCUT2D eigenvalue weighted by Crippen LogP contribution is -2.47. The van der Waals surface area contributed by atoms with Crippen LogP contribution in [0, 0.1) is 0 Å². The van der Waals surface area contributed by atoms with Crippen molar-refractivity contribution in [2.75, 3.05) is 40.0 Å². The topological polar surface area (TPSA) is 55.3 Å². The van der Waals surface area contributed by atoms with Crippen LogP contribution in [-0.4, -0.2) is 63.0 Å². The van der Waals surface area contributed by atoms with E-state index in [4.69, 9.17) is 19.2 Å². The zero-order valence-electron chi connectivity index (χ0n) is 17.4. The molecule has 1 unspecified atom stereocenters. The summed E-state index contributed by atoms with van der Waals surface area (Å²) in [5.74, 6) is 1.86. The van der Waals surface area contributed by atoms with Gasteiger partial charge < -0.3 is 24.4 Å². The van der Waals surface area contributed by atoms with Crippen LogP contribution < -0.4 is 10.1 Å². The van der Waals surface area contributed by atoms with Gasteiger partial charge in [0.2, 0.25) is 0 Å². The molecular weight excluding hydrogens is 354 g/mol. The first-order chi connectivity index (χ1) is 13.8. The Kier molecular flexibility index (Phi) is 8.42. The summed E-state index contributed by atoms with van der Waals surface area (Å²) in [4.78, 5) is 7.19. The van der Waals surface area contributed by atoms with E-state index in [0.717, 1.165) is 69.4 Å². The molecule has 0 bridgehead atoms. The van der Waals surface area contributed by atoms with Crippen molar-refractivity contribution in [3.63, 3.8) is 0 Å². The van der Waals surface area contributed by atoms with E-state index >= 15 is 0 Å². The van der Waals surface area contributed by atoms with Gasteiger partial charge in [0.05, 0.1) is 32.5 Å². The minimum atomic E-state index is 0.300. The highest BCUT2D eigenvalue weighted by Gasteiger charge is 2.23. The molecule has 0 spiro atoms. The molecule has 2 fully saturated rings. The third kappa shape index (κ3) is 6.38. The summed E-state index contributed by atoms with van der Waals surface area (Å²) >= 11 is 0. The number of likely N-dealkylation sites (tertiary alicyclic amines) is 1.